The van der Waals surface area contributed by atoms with Crippen LogP contribution >= 0.6 is 31.9 Å². The first-order valence-electron chi connectivity index (χ1n) is 56.0. The van der Waals surface area contributed by atoms with Crippen LogP contribution < -0.4 is 0 Å². The first-order chi connectivity index (χ1) is 61.6. The Morgan fingerprint density at radius 1 is 0.277 bits per heavy atom. The van der Waals surface area contributed by atoms with Gasteiger partial charge in [-0.05, 0) is 557 Å². The summed E-state index contributed by atoms with van der Waals surface area (Å²) in [5, 5.41) is 75.3. The molecule has 0 spiro atoms. The number of hydrogen-bond donors (Lipinski definition) is 7. The molecule has 0 radical (unpaired) electrons. The molecule has 7 N–H and O–H groups in total. The Morgan fingerprint density at radius 2 is 0.531 bits per heavy atom. The Morgan fingerprint density at radius 3 is 0.815 bits per heavy atom. The van der Waals surface area contributed by atoms with Gasteiger partial charge in [-0.15, -0.1) is 0 Å². The fourth-order valence-electron chi connectivity index (χ4n) is 41.0. The summed E-state index contributed by atoms with van der Waals surface area (Å²) in [5.74, 6) is 41.6. The summed E-state index contributed by atoms with van der Waals surface area (Å²) in [6.07, 6.45) is 57.9. The second-order valence-corrected chi connectivity index (χ2v) is 55.7. The predicted octanol–water partition coefficient (Wildman–Crippen LogP) is 28.1. The first kappa shape index (κ1) is 98.7. The quantitative estimate of drug-likeness (QED) is 0.0693. The average molecular weight is 1910 g/mol. The minimum atomic E-state index is -0.697. The van der Waals surface area contributed by atoms with Crippen LogP contribution in [0.25, 0.3) is 0 Å². The molecule has 43 atom stereocenters. The fourth-order valence-corrected chi connectivity index (χ4v) is 41.8. The lowest BCUT2D eigenvalue weighted by molar-refractivity contribution is -0.117. The van der Waals surface area contributed by atoms with Crippen molar-refractivity contribution >= 4 is 31.9 Å². The van der Waals surface area contributed by atoms with E-state index in [1.54, 1.807) is 0 Å². The highest BCUT2D eigenvalue weighted by Crippen LogP contribution is 2.73. The van der Waals surface area contributed by atoms with Crippen molar-refractivity contribution in [2.75, 3.05) is 23.9 Å². The Bertz CT molecular complexity index is 4000. The van der Waals surface area contributed by atoms with E-state index >= 15 is 0 Å². The fraction of sp³-hybridized carbons (Fsp3) is 0.884. The molecule has 22 aliphatic carbocycles. The maximum atomic E-state index is 11.1. The molecule has 9 heteroatoms. The summed E-state index contributed by atoms with van der Waals surface area (Å²) in [6.45, 7) is 50.7. The minimum absolute atomic E-state index is 0.159. The largest absolute Gasteiger partial charge is 0.392 e. The van der Waals surface area contributed by atoms with Crippen LogP contribution in [-0.2, 0) is 0 Å². The molecule has 0 bridgehead atoms. The maximum absolute atomic E-state index is 11.1. The van der Waals surface area contributed by atoms with Crippen molar-refractivity contribution in [2.45, 2.75) is 406 Å². The van der Waals surface area contributed by atoms with E-state index in [-0.39, 0.29) is 13.2 Å². The summed E-state index contributed by atoms with van der Waals surface area (Å²) in [5.41, 5.74) is 6.12. The number of rotatable bonds is 9. The summed E-state index contributed by atoms with van der Waals surface area (Å²) in [7, 11) is 0. The number of halogens is 2. The molecular weight excluding hydrogens is 1730 g/mol. The third kappa shape index (κ3) is 18.5. The molecule has 0 unspecified atom stereocenters. The summed E-state index contributed by atoms with van der Waals surface area (Å²) >= 11 is 7.36. The standard InChI is InChI=1S/C26H37BrO.C26H38O2.C23H37BrO.C23H38O2.C23H38O/c2*1-17(16-27)23-7-8-24-22-6-5-19-15-26(28,13-9-18-3-4-18)14-11-20(19)21(22)10-12-25(23,24)2;2*1-14-11-18-16(17-7-9-22(3,25)12-19(14)17)8-10-23(4)20(15(2)13-24)5-6-21(18)23;1-14(2)20-6-7-21-18-12-15(3)19-13-22(4,24)10-8-17(19)16(18)9-11-23(20,21)5/h18-24,28H,1,3-8,10-12,14-16H2,2H3;18-24,27-28H,1,3-8,10-12,14-16H2,2H3;14,16-21,25H,2,5-13H2,1,3-4H3;14,16-21,24-25H,2,5-13H2,1,3-4H3;15-21,24H,1,6-13H2,2-5H3/t2*19-,20-,21+,22+,23+,24-,25+,26-;2*14-,16-,17-,18-,19-,20-,21+,22+,23-;15-,16-,17-,18-,19-,20-,21+,22+,23-/m00111/s1. The third-order valence-corrected chi connectivity index (χ3v) is 48.9. The van der Waals surface area contributed by atoms with Crippen LogP contribution in [0.5, 0.6) is 0 Å². The molecule has 0 saturated heterocycles. The van der Waals surface area contributed by atoms with Crippen LogP contribution in [0.3, 0.4) is 0 Å². The van der Waals surface area contributed by atoms with E-state index in [0.717, 1.165) is 258 Å². The van der Waals surface area contributed by atoms with Crippen molar-refractivity contribution in [3.63, 3.8) is 0 Å². The molecule has 22 rings (SSSR count). The summed E-state index contributed by atoms with van der Waals surface area (Å²) < 4.78 is 0. The van der Waals surface area contributed by atoms with E-state index in [1.807, 2.05) is 0 Å². The smallest absolute Gasteiger partial charge is 0.125 e. The lowest BCUT2D eigenvalue weighted by Gasteiger charge is -2.59. The van der Waals surface area contributed by atoms with E-state index in [4.69, 9.17) is 0 Å². The minimum Gasteiger partial charge on any atom is -0.392 e. The van der Waals surface area contributed by atoms with Gasteiger partial charge in [-0.2, -0.15) is 0 Å². The number of aliphatic hydroxyl groups excluding tert-OH is 2. The molecule has 0 aromatic rings. The van der Waals surface area contributed by atoms with Crippen LogP contribution in [-0.4, -0.2) is 87.6 Å². The highest BCUT2D eigenvalue weighted by Gasteiger charge is 2.66. The Labute approximate surface area is 810 Å². The van der Waals surface area contributed by atoms with Crippen LogP contribution in [0, 0.1) is 258 Å². The van der Waals surface area contributed by atoms with E-state index in [2.05, 4.69) is 172 Å². The zero-order chi connectivity index (χ0) is 92.3. The third-order valence-electron chi connectivity index (χ3n) is 47.5. The van der Waals surface area contributed by atoms with Gasteiger partial charge in [-0.3, -0.25) is 0 Å². The molecule has 22 aliphatic rings. The van der Waals surface area contributed by atoms with Gasteiger partial charge in [0.05, 0.1) is 30.0 Å². The van der Waals surface area contributed by atoms with Gasteiger partial charge < -0.3 is 35.7 Å². The second kappa shape index (κ2) is 37.7. The highest BCUT2D eigenvalue weighted by molar-refractivity contribution is 9.09. The molecule has 728 valence electrons. The summed E-state index contributed by atoms with van der Waals surface area (Å²) in [6, 6.07) is 0. The van der Waals surface area contributed by atoms with Crippen LogP contribution in [0.1, 0.15) is 378 Å². The Kier molecular flexibility index (Phi) is 28.6. The van der Waals surface area contributed by atoms with E-state index in [0.29, 0.717) is 62.6 Å². The van der Waals surface area contributed by atoms with E-state index < -0.39 is 28.0 Å². The van der Waals surface area contributed by atoms with Gasteiger partial charge in [-0.25, -0.2) is 0 Å². The van der Waals surface area contributed by atoms with Gasteiger partial charge in [0.1, 0.15) is 11.2 Å². The van der Waals surface area contributed by atoms with Crippen molar-refractivity contribution in [3.05, 3.63) is 60.8 Å². The number of aliphatic hydroxyl groups is 7. The molecule has 130 heavy (non-hydrogen) atoms. The SMILES string of the molecule is C=C(C)[C@H]1CC[C@H]2[C@@H]3C[C@@H](C)[C@H]4C[C@@](C)(O)CC[C@@H]4[C@H]3CC[C@]12C.C=C(CBr)[C@H]1CC[C@H]2[C@@H]3CC[C@H]4C[C@](O)(C#CC5CC5)CC[C@@H]4[C@H]3CC[C@]12C.C=C(CBr)[C@H]1CC[C@H]2[C@@H]3C[C@@H](C)[C@H]4C[C@@](C)(O)CC[C@@H]4[C@H]3CC[C@]12C.C=C(CO)[C@H]1CC[C@H]2[C@@H]3CC[C@H]4C[C@](O)(C#CC5CC5)CC[C@@H]4[C@H]3CC[C@]12C.C=C(CO)[C@H]1CC[C@H]2[C@@H]3C[C@@H](C)[C@H]4C[C@@](C)(O)CC[C@@H]4[C@H]3CC[C@]12C. The maximum Gasteiger partial charge on any atom is 0.125 e. The van der Waals surface area contributed by atoms with Crippen molar-refractivity contribution in [1.29, 1.82) is 0 Å². The van der Waals surface area contributed by atoms with Gasteiger partial charge in [0.15, 0.2) is 0 Å². The van der Waals surface area contributed by atoms with Gasteiger partial charge in [0, 0.05) is 22.5 Å². The lowest BCUT2D eigenvalue weighted by atomic mass is 9.47. The first-order valence-corrected chi connectivity index (χ1v) is 58.2. The summed E-state index contributed by atoms with van der Waals surface area (Å²) in [4.78, 5) is 0. The molecule has 0 aromatic carbocycles. The van der Waals surface area contributed by atoms with Crippen molar-refractivity contribution < 1.29 is 35.7 Å². The molecule has 22 saturated carbocycles. The van der Waals surface area contributed by atoms with Crippen molar-refractivity contribution in [3.8, 4) is 23.7 Å². The molecule has 22 fully saturated rings. The normalized spacial score (nSPS) is 53.3. The molecule has 7 nitrogen and oxygen atoms in total. The number of alkyl halides is 2. The van der Waals surface area contributed by atoms with Gasteiger partial charge >= 0.3 is 0 Å². The molecule has 0 amide bonds. The Hall–Kier alpha value is -1.50. The van der Waals surface area contributed by atoms with Crippen LogP contribution in [0.2, 0.25) is 0 Å². The molecule has 0 aliphatic heterocycles. The molecule has 0 heterocycles. The number of allylic oxidation sites excluding steroid dienone is 3. The van der Waals surface area contributed by atoms with E-state index in [1.165, 1.54) is 248 Å². The van der Waals surface area contributed by atoms with Gasteiger partial charge in [-0.1, -0.05) is 161 Å². The average Bonchev–Trinajstić information content (AvgIpc) is 1.54. The Balaban J connectivity index is 0.000000110. The lowest BCUT2D eigenvalue weighted by Crippen LogP contribution is -2.52. The van der Waals surface area contributed by atoms with E-state index in [9.17, 15) is 35.7 Å². The molecular formula is C121H188Br2O7. The zero-order valence-corrected chi connectivity index (χ0v) is 87.7. The topological polar surface area (TPSA) is 142 Å². The zero-order valence-electron chi connectivity index (χ0n) is 84.5. The number of hydrogen-bond acceptors (Lipinski definition) is 7. The van der Waals surface area contributed by atoms with Crippen molar-refractivity contribution in [2.24, 2.45) is 234 Å². The molecule has 0 aromatic heterocycles. The highest BCUT2D eigenvalue weighted by atomic mass is 79.9. The van der Waals surface area contributed by atoms with Gasteiger partial charge in [0.25, 0.3) is 0 Å². The number of fused-ring (bicyclic) bond motifs is 25. The second-order valence-electron chi connectivity index (χ2n) is 54.6. The van der Waals surface area contributed by atoms with Crippen molar-refractivity contribution in [1.82, 2.24) is 0 Å². The van der Waals surface area contributed by atoms with Crippen LogP contribution in [0.4, 0.5) is 0 Å². The monoisotopic (exact) mass is 1910 g/mol. The van der Waals surface area contributed by atoms with Crippen LogP contribution in [0.15, 0.2) is 60.8 Å². The predicted molar refractivity (Wildman–Crippen MR) is 543 cm³/mol. The van der Waals surface area contributed by atoms with Gasteiger partial charge in [0.2, 0.25) is 0 Å².